The van der Waals surface area contributed by atoms with E-state index in [-0.39, 0.29) is 0 Å². The van der Waals surface area contributed by atoms with Gasteiger partial charge in [0.1, 0.15) is 11.0 Å². The van der Waals surface area contributed by atoms with E-state index >= 15 is 0 Å². The van der Waals surface area contributed by atoms with Gasteiger partial charge in [-0.25, -0.2) is 4.98 Å². The number of hydrogen-bond donors (Lipinski definition) is 1. The highest BCUT2D eigenvalue weighted by Crippen LogP contribution is 2.08. The number of nitrogens with one attached hydrogen (secondary N) is 1. The molecule has 0 atom stereocenters. The Balaban J connectivity index is 2.63. The summed E-state index contributed by atoms with van der Waals surface area (Å²) < 4.78 is 0. The average Bonchev–Trinajstić information content (AvgIpc) is 2.01. The van der Waals surface area contributed by atoms with Gasteiger partial charge in [0.2, 0.25) is 0 Å². The smallest absolute Gasteiger partial charge is 0.131 e. The third-order valence-electron chi connectivity index (χ3n) is 1.14. The number of anilines is 1. The van der Waals surface area contributed by atoms with Crippen molar-refractivity contribution < 1.29 is 0 Å². The van der Waals surface area contributed by atoms with Gasteiger partial charge in [-0.1, -0.05) is 23.7 Å². The quantitative estimate of drug-likeness (QED) is 0.554. The van der Waals surface area contributed by atoms with Crippen LogP contribution >= 0.6 is 11.6 Å². The summed E-state index contributed by atoms with van der Waals surface area (Å²) in [6, 6.07) is 5.44. The minimum atomic E-state index is 0.499. The molecule has 0 spiro atoms. The molecule has 3 heteroatoms. The molecule has 0 aliphatic carbocycles. The van der Waals surface area contributed by atoms with Crippen molar-refractivity contribution in [1.29, 1.82) is 0 Å². The van der Waals surface area contributed by atoms with Crippen molar-refractivity contribution >= 4 is 17.4 Å². The van der Waals surface area contributed by atoms with E-state index in [1.165, 1.54) is 0 Å². The van der Waals surface area contributed by atoms with Crippen LogP contribution in [0.25, 0.3) is 0 Å². The Morgan fingerprint density at radius 2 is 2.45 bits per heavy atom. The fraction of sp³-hybridized carbons (Fsp3) is 0.125. The van der Waals surface area contributed by atoms with E-state index in [9.17, 15) is 0 Å². The lowest BCUT2D eigenvalue weighted by Crippen LogP contribution is -1.99. The fourth-order valence-corrected chi connectivity index (χ4v) is 0.847. The number of aromatic nitrogens is 1. The van der Waals surface area contributed by atoms with Crippen LogP contribution in [-0.2, 0) is 0 Å². The number of halogens is 1. The molecule has 0 aliphatic rings. The minimum absolute atomic E-state index is 0.499. The highest BCUT2D eigenvalue weighted by Gasteiger charge is 1.90. The summed E-state index contributed by atoms with van der Waals surface area (Å²) in [6.07, 6.45) is 1.77. The van der Waals surface area contributed by atoms with Gasteiger partial charge < -0.3 is 5.32 Å². The molecule has 0 saturated carbocycles. The van der Waals surface area contributed by atoms with Crippen molar-refractivity contribution in [1.82, 2.24) is 4.98 Å². The summed E-state index contributed by atoms with van der Waals surface area (Å²) in [7, 11) is 0. The fourth-order valence-electron chi connectivity index (χ4n) is 0.683. The van der Waals surface area contributed by atoms with E-state index in [0.717, 1.165) is 5.82 Å². The van der Waals surface area contributed by atoms with E-state index in [4.69, 9.17) is 11.6 Å². The molecule has 0 amide bonds. The summed E-state index contributed by atoms with van der Waals surface area (Å²) in [4.78, 5) is 4.02. The first-order valence-electron chi connectivity index (χ1n) is 3.30. The van der Waals surface area contributed by atoms with Gasteiger partial charge in [-0.05, 0) is 12.1 Å². The summed E-state index contributed by atoms with van der Waals surface area (Å²) in [6.45, 7) is 4.28. The molecule has 1 aromatic rings. The van der Waals surface area contributed by atoms with E-state index in [1.807, 2.05) is 12.1 Å². The van der Waals surface area contributed by atoms with Gasteiger partial charge >= 0.3 is 0 Å². The summed E-state index contributed by atoms with van der Waals surface area (Å²) in [5.74, 6) is 0.775. The first-order valence-corrected chi connectivity index (χ1v) is 3.68. The molecule has 0 aliphatic heterocycles. The monoisotopic (exact) mass is 168 g/mol. The maximum absolute atomic E-state index is 5.65. The molecule has 0 aromatic carbocycles. The van der Waals surface area contributed by atoms with Crippen molar-refractivity contribution in [2.45, 2.75) is 0 Å². The molecular formula is C8H9ClN2. The molecule has 0 saturated heterocycles. The third-order valence-corrected chi connectivity index (χ3v) is 1.35. The van der Waals surface area contributed by atoms with E-state index in [1.54, 1.807) is 12.1 Å². The molecule has 11 heavy (non-hydrogen) atoms. The summed E-state index contributed by atoms with van der Waals surface area (Å²) in [5.41, 5.74) is 0. The van der Waals surface area contributed by atoms with Gasteiger partial charge in [0.05, 0.1) is 0 Å². The zero-order chi connectivity index (χ0) is 8.10. The van der Waals surface area contributed by atoms with Crippen molar-refractivity contribution in [3.8, 4) is 0 Å². The molecule has 1 rings (SSSR count). The van der Waals surface area contributed by atoms with E-state index < -0.39 is 0 Å². The van der Waals surface area contributed by atoms with Crippen molar-refractivity contribution in [3.63, 3.8) is 0 Å². The van der Waals surface area contributed by atoms with E-state index in [2.05, 4.69) is 16.9 Å². The Morgan fingerprint density at radius 1 is 1.64 bits per heavy atom. The Bertz CT molecular complexity index is 248. The predicted molar refractivity (Wildman–Crippen MR) is 47.9 cm³/mol. The molecular weight excluding hydrogens is 160 g/mol. The second-order valence-corrected chi connectivity index (χ2v) is 2.40. The molecule has 0 unspecified atom stereocenters. The topological polar surface area (TPSA) is 24.9 Å². The molecule has 2 nitrogen and oxygen atoms in total. The van der Waals surface area contributed by atoms with Crippen molar-refractivity contribution in [3.05, 3.63) is 36.0 Å². The van der Waals surface area contributed by atoms with Gasteiger partial charge in [-0.2, -0.15) is 0 Å². The largest absolute Gasteiger partial charge is 0.367 e. The van der Waals surface area contributed by atoms with Crippen LogP contribution < -0.4 is 5.32 Å². The standard InChI is InChI=1S/C8H9ClN2/c1-2-6-10-8-5-3-4-7(9)11-8/h2-5H,1,6H2,(H,10,11). The van der Waals surface area contributed by atoms with Crippen LogP contribution in [0.2, 0.25) is 5.15 Å². The lowest BCUT2D eigenvalue weighted by atomic mass is 10.4. The van der Waals surface area contributed by atoms with Crippen molar-refractivity contribution in [2.24, 2.45) is 0 Å². The van der Waals surface area contributed by atoms with Crippen LogP contribution in [-0.4, -0.2) is 11.5 Å². The van der Waals surface area contributed by atoms with Crippen LogP contribution in [0.1, 0.15) is 0 Å². The summed E-state index contributed by atoms with van der Waals surface area (Å²) >= 11 is 5.65. The van der Waals surface area contributed by atoms with Gasteiger partial charge in [-0.15, -0.1) is 6.58 Å². The van der Waals surface area contributed by atoms with Gasteiger partial charge in [0.25, 0.3) is 0 Å². The third kappa shape index (κ3) is 2.60. The molecule has 58 valence electrons. The Morgan fingerprint density at radius 3 is 3.09 bits per heavy atom. The molecule has 1 heterocycles. The highest BCUT2D eigenvalue weighted by atomic mass is 35.5. The van der Waals surface area contributed by atoms with Gasteiger partial charge in [0.15, 0.2) is 0 Å². The van der Waals surface area contributed by atoms with Crippen LogP contribution in [0, 0.1) is 0 Å². The lowest BCUT2D eigenvalue weighted by Gasteiger charge is -2.00. The predicted octanol–water partition coefficient (Wildman–Crippen LogP) is 2.33. The normalized spacial score (nSPS) is 9.18. The number of pyridine rings is 1. The Hall–Kier alpha value is -1.02. The Labute approximate surface area is 70.9 Å². The SMILES string of the molecule is C=CCNc1cccc(Cl)n1. The van der Waals surface area contributed by atoms with Gasteiger partial charge in [-0.3, -0.25) is 0 Å². The molecule has 0 radical (unpaired) electrons. The first kappa shape index (κ1) is 8.08. The molecule has 1 N–H and O–H groups in total. The molecule has 0 bridgehead atoms. The van der Waals surface area contributed by atoms with Gasteiger partial charge in [0, 0.05) is 6.54 Å². The number of hydrogen-bond acceptors (Lipinski definition) is 2. The minimum Gasteiger partial charge on any atom is -0.367 e. The zero-order valence-electron chi connectivity index (χ0n) is 6.05. The Kier molecular flexibility index (Phi) is 2.93. The zero-order valence-corrected chi connectivity index (χ0v) is 6.80. The number of nitrogens with zero attached hydrogens (tertiary/aromatic N) is 1. The molecule has 1 aromatic heterocycles. The van der Waals surface area contributed by atoms with E-state index in [0.29, 0.717) is 11.7 Å². The van der Waals surface area contributed by atoms with Crippen LogP contribution in [0.15, 0.2) is 30.9 Å². The van der Waals surface area contributed by atoms with Crippen LogP contribution in [0.5, 0.6) is 0 Å². The second kappa shape index (κ2) is 3.98. The lowest BCUT2D eigenvalue weighted by molar-refractivity contribution is 1.23. The highest BCUT2D eigenvalue weighted by molar-refractivity contribution is 6.29. The molecule has 0 fully saturated rings. The summed E-state index contributed by atoms with van der Waals surface area (Å²) in [5, 5.41) is 3.52. The second-order valence-electron chi connectivity index (χ2n) is 2.02. The van der Waals surface area contributed by atoms with Crippen LogP contribution in [0.4, 0.5) is 5.82 Å². The first-order chi connectivity index (χ1) is 5.33. The number of rotatable bonds is 3. The maximum atomic E-state index is 5.65. The average molecular weight is 169 g/mol. The maximum Gasteiger partial charge on any atom is 0.131 e. The van der Waals surface area contributed by atoms with Crippen molar-refractivity contribution in [2.75, 3.05) is 11.9 Å². The van der Waals surface area contributed by atoms with Crippen LogP contribution in [0.3, 0.4) is 0 Å².